The van der Waals surface area contributed by atoms with Crippen molar-refractivity contribution in [1.29, 1.82) is 0 Å². The van der Waals surface area contributed by atoms with Gasteiger partial charge in [-0.1, -0.05) is 42.5 Å². The Morgan fingerprint density at radius 2 is 1.76 bits per heavy atom. The minimum Gasteiger partial charge on any atom is -0.315 e. The van der Waals surface area contributed by atoms with E-state index in [0.717, 1.165) is 23.3 Å². The zero-order valence-electron chi connectivity index (χ0n) is 12.2. The Hall–Kier alpha value is -1.44. The highest BCUT2D eigenvalue weighted by Gasteiger charge is 2.25. The Morgan fingerprint density at radius 1 is 1.19 bits per heavy atom. The van der Waals surface area contributed by atoms with Crippen LogP contribution in [0, 0.1) is 6.92 Å². The average molecular weight is 326 g/mol. The highest BCUT2D eigenvalue weighted by atomic mass is 32.2. The number of aromatic amines is 1. The first-order valence-corrected chi connectivity index (χ1v) is 8.84. The number of benzene rings is 1. The molecule has 0 bridgehead atoms. The second kappa shape index (κ2) is 6.13. The van der Waals surface area contributed by atoms with Gasteiger partial charge in [-0.25, -0.2) is 8.42 Å². The first-order valence-electron chi connectivity index (χ1n) is 6.58. The van der Waals surface area contributed by atoms with Crippen molar-refractivity contribution in [3.05, 3.63) is 50.8 Å². The first kappa shape index (κ1) is 15.9. The molecule has 0 aliphatic heterocycles. The van der Waals surface area contributed by atoms with Crippen molar-refractivity contribution in [1.82, 2.24) is 9.29 Å². The SMILES string of the molecule is CCc1ccc(CN(C)S(=O)(=O)c2sc(=O)[nH]c2C)cc1. The molecule has 0 unspecified atom stereocenters. The van der Waals surface area contributed by atoms with Crippen LogP contribution in [-0.2, 0) is 23.0 Å². The minimum absolute atomic E-state index is 0.0835. The van der Waals surface area contributed by atoms with Crippen molar-refractivity contribution in [3.63, 3.8) is 0 Å². The molecule has 0 radical (unpaired) electrons. The van der Waals surface area contributed by atoms with Gasteiger partial charge >= 0.3 is 4.87 Å². The van der Waals surface area contributed by atoms with E-state index >= 15 is 0 Å². The van der Waals surface area contributed by atoms with Gasteiger partial charge in [0.25, 0.3) is 10.0 Å². The van der Waals surface area contributed by atoms with Crippen molar-refractivity contribution in [2.45, 2.75) is 31.0 Å². The van der Waals surface area contributed by atoms with E-state index in [1.807, 2.05) is 24.3 Å². The van der Waals surface area contributed by atoms with Gasteiger partial charge < -0.3 is 4.98 Å². The molecule has 0 aliphatic rings. The van der Waals surface area contributed by atoms with Crippen molar-refractivity contribution >= 4 is 21.4 Å². The molecule has 1 aromatic carbocycles. The van der Waals surface area contributed by atoms with Crippen LogP contribution in [-0.4, -0.2) is 24.8 Å². The number of hydrogen-bond acceptors (Lipinski definition) is 4. The van der Waals surface area contributed by atoms with Crippen molar-refractivity contribution in [3.8, 4) is 0 Å². The molecule has 2 aromatic rings. The number of aryl methyl sites for hydroxylation is 2. The summed E-state index contributed by atoms with van der Waals surface area (Å²) in [6.45, 7) is 3.94. The average Bonchev–Trinajstić information content (AvgIpc) is 2.79. The van der Waals surface area contributed by atoms with Crippen LogP contribution in [0.15, 0.2) is 33.3 Å². The molecule has 7 heteroatoms. The molecule has 0 spiro atoms. The third-order valence-corrected chi connectivity index (χ3v) is 6.65. The van der Waals surface area contributed by atoms with Gasteiger partial charge in [-0.05, 0) is 24.5 Å². The third-order valence-electron chi connectivity index (χ3n) is 3.26. The monoisotopic (exact) mass is 326 g/mol. The fourth-order valence-corrected chi connectivity index (χ4v) is 4.65. The first-order chi connectivity index (χ1) is 9.84. The molecule has 0 saturated carbocycles. The number of hydrogen-bond donors (Lipinski definition) is 1. The minimum atomic E-state index is -3.64. The van der Waals surface area contributed by atoms with Gasteiger partial charge in [-0.2, -0.15) is 4.31 Å². The Balaban J connectivity index is 2.24. The van der Waals surface area contributed by atoms with Gasteiger partial charge in [-0.3, -0.25) is 4.79 Å². The number of H-pyrrole nitrogens is 1. The van der Waals surface area contributed by atoms with Gasteiger partial charge in [-0.15, -0.1) is 0 Å². The third kappa shape index (κ3) is 3.42. The Bertz CT molecular complexity index is 773. The highest BCUT2D eigenvalue weighted by molar-refractivity contribution is 7.91. The van der Waals surface area contributed by atoms with E-state index in [0.29, 0.717) is 5.69 Å². The molecule has 114 valence electrons. The molecular weight excluding hydrogens is 308 g/mol. The van der Waals surface area contributed by atoms with Crippen molar-refractivity contribution in [2.24, 2.45) is 0 Å². The summed E-state index contributed by atoms with van der Waals surface area (Å²) >= 11 is 0.726. The predicted octanol–water partition coefficient (Wildman–Crippen LogP) is 2.13. The maximum absolute atomic E-state index is 12.5. The van der Waals surface area contributed by atoms with E-state index in [1.54, 1.807) is 6.92 Å². The zero-order valence-corrected chi connectivity index (χ0v) is 13.8. The largest absolute Gasteiger partial charge is 0.315 e. The molecule has 2 rings (SSSR count). The fraction of sp³-hybridized carbons (Fsp3) is 0.357. The normalized spacial score (nSPS) is 12.0. The summed E-state index contributed by atoms with van der Waals surface area (Å²) in [5, 5.41) is 0. The lowest BCUT2D eigenvalue weighted by Crippen LogP contribution is -2.26. The Labute approximate surface area is 128 Å². The molecule has 1 N–H and O–H groups in total. The number of rotatable bonds is 5. The molecule has 1 heterocycles. The van der Waals surface area contributed by atoms with E-state index in [4.69, 9.17) is 0 Å². The van der Waals surface area contributed by atoms with Crippen LogP contribution in [0.5, 0.6) is 0 Å². The lowest BCUT2D eigenvalue weighted by Gasteiger charge is -2.16. The van der Waals surface area contributed by atoms with Gasteiger partial charge in [0.2, 0.25) is 0 Å². The maximum atomic E-state index is 12.5. The molecule has 0 amide bonds. The Kier molecular flexibility index (Phi) is 4.65. The standard InChI is InChI=1S/C14H18N2O3S2/c1-4-11-5-7-12(8-6-11)9-16(3)21(18,19)13-10(2)15-14(17)20-13/h5-8H,4,9H2,1-3H3,(H,15,17). The molecule has 1 aromatic heterocycles. The number of thiazole rings is 1. The molecule has 21 heavy (non-hydrogen) atoms. The lowest BCUT2D eigenvalue weighted by molar-refractivity contribution is 0.468. The molecule has 0 atom stereocenters. The summed E-state index contributed by atoms with van der Waals surface area (Å²) in [6, 6.07) is 7.85. The van der Waals surface area contributed by atoms with E-state index in [-0.39, 0.29) is 15.6 Å². The van der Waals surface area contributed by atoms with Crippen LogP contribution in [0.25, 0.3) is 0 Å². The van der Waals surface area contributed by atoms with Crippen LogP contribution in [0.4, 0.5) is 0 Å². The van der Waals surface area contributed by atoms with Gasteiger partial charge in [0.05, 0.1) is 0 Å². The number of nitrogens with zero attached hydrogens (tertiary/aromatic N) is 1. The second-order valence-electron chi connectivity index (χ2n) is 4.86. The number of sulfonamides is 1. The second-order valence-corrected chi connectivity index (χ2v) is 8.08. The van der Waals surface area contributed by atoms with Crippen LogP contribution in [0.2, 0.25) is 0 Å². The van der Waals surface area contributed by atoms with Crippen LogP contribution < -0.4 is 4.87 Å². The molecular formula is C14H18N2O3S2. The van der Waals surface area contributed by atoms with Crippen molar-refractivity contribution in [2.75, 3.05) is 7.05 Å². The maximum Gasteiger partial charge on any atom is 0.305 e. The highest BCUT2D eigenvalue weighted by Crippen LogP contribution is 2.21. The topological polar surface area (TPSA) is 70.2 Å². The summed E-state index contributed by atoms with van der Waals surface area (Å²) < 4.78 is 26.3. The van der Waals surface area contributed by atoms with E-state index < -0.39 is 10.0 Å². The van der Waals surface area contributed by atoms with Crippen LogP contribution >= 0.6 is 11.3 Å². The van der Waals surface area contributed by atoms with Gasteiger partial charge in [0, 0.05) is 19.3 Å². The fourth-order valence-electron chi connectivity index (χ4n) is 2.00. The van der Waals surface area contributed by atoms with Crippen LogP contribution in [0.1, 0.15) is 23.7 Å². The molecule has 0 saturated heterocycles. The van der Waals surface area contributed by atoms with Crippen molar-refractivity contribution < 1.29 is 8.42 Å². The van der Waals surface area contributed by atoms with Crippen LogP contribution in [0.3, 0.4) is 0 Å². The molecule has 0 fully saturated rings. The van der Waals surface area contributed by atoms with E-state index in [2.05, 4.69) is 11.9 Å². The summed E-state index contributed by atoms with van der Waals surface area (Å²) in [6.07, 6.45) is 0.949. The lowest BCUT2D eigenvalue weighted by atomic mass is 10.1. The molecule has 0 aliphatic carbocycles. The zero-order chi connectivity index (χ0) is 15.6. The summed E-state index contributed by atoms with van der Waals surface area (Å²) in [5.41, 5.74) is 2.51. The smallest absolute Gasteiger partial charge is 0.305 e. The number of aromatic nitrogens is 1. The van der Waals surface area contributed by atoms with Gasteiger partial charge in [0.15, 0.2) is 4.21 Å². The number of nitrogens with one attached hydrogen (secondary N) is 1. The quantitative estimate of drug-likeness (QED) is 0.915. The summed E-state index contributed by atoms with van der Waals surface area (Å²) in [5.74, 6) is 0. The molecule has 5 nitrogen and oxygen atoms in total. The van der Waals surface area contributed by atoms with E-state index in [1.165, 1.54) is 16.9 Å². The van der Waals surface area contributed by atoms with Gasteiger partial charge in [0.1, 0.15) is 0 Å². The Morgan fingerprint density at radius 3 is 2.24 bits per heavy atom. The summed E-state index contributed by atoms with van der Waals surface area (Å²) in [4.78, 5) is 13.4. The predicted molar refractivity (Wildman–Crippen MR) is 84.1 cm³/mol. The summed E-state index contributed by atoms with van der Waals surface area (Å²) in [7, 11) is -2.12. The van der Waals surface area contributed by atoms with E-state index in [9.17, 15) is 13.2 Å².